The molecule has 1 aliphatic heterocycles. The van der Waals surface area contributed by atoms with E-state index in [1.807, 2.05) is 7.05 Å². The molecule has 2 heterocycles. The van der Waals surface area contributed by atoms with Crippen molar-refractivity contribution in [2.45, 2.75) is 26.8 Å². The van der Waals surface area contributed by atoms with E-state index in [1.54, 1.807) is 18.4 Å². The first-order valence-corrected chi connectivity index (χ1v) is 7.83. The highest BCUT2D eigenvalue weighted by Gasteiger charge is 2.24. The van der Waals surface area contributed by atoms with E-state index in [0.29, 0.717) is 5.92 Å². The number of rotatable bonds is 4. The Balaban J connectivity index is 1.87. The van der Waals surface area contributed by atoms with Crippen LogP contribution in [0.2, 0.25) is 0 Å². The van der Waals surface area contributed by atoms with E-state index >= 15 is 0 Å². The summed E-state index contributed by atoms with van der Waals surface area (Å²) in [6.07, 6.45) is 1.17. The zero-order valence-electron chi connectivity index (χ0n) is 12.8. The Morgan fingerprint density at radius 2 is 2.35 bits per heavy atom. The molecular formula is C14H24N4OS. The molecule has 1 fully saturated rings. The highest BCUT2D eigenvalue weighted by Crippen LogP contribution is 2.18. The van der Waals surface area contributed by atoms with Gasteiger partial charge in [-0.25, -0.2) is 4.98 Å². The zero-order chi connectivity index (χ0) is 14.5. The molecule has 0 aliphatic carbocycles. The minimum atomic E-state index is 0.614. The third kappa shape index (κ3) is 3.70. The molecule has 6 heteroatoms. The molecule has 1 aliphatic rings. The maximum absolute atomic E-state index is 5.24. The topological polar surface area (TPSA) is 49.8 Å². The summed E-state index contributed by atoms with van der Waals surface area (Å²) < 4.78 is 5.24. The number of nitrogens with zero attached hydrogens (tertiary/aromatic N) is 3. The van der Waals surface area contributed by atoms with Gasteiger partial charge in [0.2, 0.25) is 0 Å². The van der Waals surface area contributed by atoms with Crippen LogP contribution in [0, 0.1) is 19.8 Å². The van der Waals surface area contributed by atoms with Gasteiger partial charge in [-0.2, -0.15) is 0 Å². The van der Waals surface area contributed by atoms with Crippen LogP contribution < -0.4 is 5.32 Å². The van der Waals surface area contributed by atoms with E-state index in [-0.39, 0.29) is 0 Å². The predicted molar refractivity (Wildman–Crippen MR) is 83.3 cm³/mol. The summed E-state index contributed by atoms with van der Waals surface area (Å²) >= 11 is 1.75. The van der Waals surface area contributed by atoms with Crippen LogP contribution in [0.3, 0.4) is 0 Å². The summed E-state index contributed by atoms with van der Waals surface area (Å²) in [6, 6.07) is 0. The number of guanidine groups is 1. The van der Waals surface area contributed by atoms with E-state index in [1.165, 1.54) is 11.3 Å². The van der Waals surface area contributed by atoms with E-state index in [9.17, 15) is 0 Å². The van der Waals surface area contributed by atoms with Crippen LogP contribution in [-0.4, -0.2) is 49.7 Å². The molecular weight excluding hydrogens is 272 g/mol. The molecule has 0 amide bonds. The van der Waals surface area contributed by atoms with Crippen LogP contribution in [0.15, 0.2) is 4.99 Å². The van der Waals surface area contributed by atoms with Gasteiger partial charge in [0.25, 0.3) is 0 Å². The van der Waals surface area contributed by atoms with Crippen molar-refractivity contribution in [3.8, 4) is 0 Å². The summed E-state index contributed by atoms with van der Waals surface area (Å²) in [5, 5.41) is 4.53. The van der Waals surface area contributed by atoms with Gasteiger partial charge in [0, 0.05) is 38.0 Å². The molecule has 1 atom stereocenters. The normalized spacial score (nSPS) is 19.7. The average molecular weight is 296 g/mol. The van der Waals surface area contributed by atoms with Gasteiger partial charge in [0.1, 0.15) is 5.01 Å². The number of hydrogen-bond acceptors (Lipinski definition) is 4. The summed E-state index contributed by atoms with van der Waals surface area (Å²) in [4.78, 5) is 12.5. The fourth-order valence-electron chi connectivity index (χ4n) is 2.50. The van der Waals surface area contributed by atoms with Crippen molar-refractivity contribution in [2.75, 3.05) is 33.9 Å². The molecule has 1 aromatic heterocycles. The molecule has 1 unspecified atom stereocenters. The summed E-state index contributed by atoms with van der Waals surface area (Å²) in [5.74, 6) is 1.58. The molecule has 112 valence electrons. The van der Waals surface area contributed by atoms with E-state index in [4.69, 9.17) is 4.74 Å². The first-order chi connectivity index (χ1) is 9.63. The molecule has 1 N–H and O–H groups in total. The third-order valence-corrected chi connectivity index (χ3v) is 4.74. The molecule has 0 spiro atoms. The summed E-state index contributed by atoms with van der Waals surface area (Å²) in [5.41, 5.74) is 1.13. The fourth-order valence-corrected chi connectivity index (χ4v) is 3.37. The van der Waals surface area contributed by atoms with Crippen LogP contribution in [0.1, 0.15) is 22.0 Å². The van der Waals surface area contributed by atoms with Crippen LogP contribution in [0.4, 0.5) is 0 Å². The number of aliphatic imine (C=N–C) groups is 1. The van der Waals surface area contributed by atoms with Gasteiger partial charge < -0.3 is 15.0 Å². The van der Waals surface area contributed by atoms with Crippen LogP contribution in [0.25, 0.3) is 0 Å². The monoisotopic (exact) mass is 296 g/mol. The fraction of sp³-hybridized carbons (Fsp3) is 0.714. The molecule has 20 heavy (non-hydrogen) atoms. The highest BCUT2D eigenvalue weighted by atomic mass is 32.1. The van der Waals surface area contributed by atoms with Crippen LogP contribution in [0.5, 0.6) is 0 Å². The van der Waals surface area contributed by atoms with Crippen molar-refractivity contribution >= 4 is 17.3 Å². The lowest BCUT2D eigenvalue weighted by atomic mass is 10.1. The Hall–Kier alpha value is -1.14. The Labute approximate surface area is 125 Å². The van der Waals surface area contributed by atoms with E-state index < -0.39 is 0 Å². The van der Waals surface area contributed by atoms with Crippen molar-refractivity contribution in [1.29, 1.82) is 0 Å². The quantitative estimate of drug-likeness (QED) is 0.680. The molecule has 5 nitrogen and oxygen atoms in total. The first-order valence-electron chi connectivity index (χ1n) is 7.01. The molecule has 0 bridgehead atoms. The maximum atomic E-state index is 5.24. The Kier molecular flexibility index (Phi) is 5.37. The highest BCUT2D eigenvalue weighted by molar-refractivity contribution is 7.11. The summed E-state index contributed by atoms with van der Waals surface area (Å²) in [6.45, 7) is 7.81. The number of likely N-dealkylation sites (tertiary alicyclic amines) is 1. The third-order valence-electron chi connectivity index (χ3n) is 3.67. The van der Waals surface area contributed by atoms with E-state index in [2.05, 4.69) is 34.0 Å². The molecule has 0 aromatic carbocycles. The lowest BCUT2D eigenvalue weighted by Gasteiger charge is -2.21. The van der Waals surface area contributed by atoms with Crippen LogP contribution in [-0.2, 0) is 11.3 Å². The van der Waals surface area contributed by atoms with Gasteiger partial charge >= 0.3 is 0 Å². The van der Waals surface area contributed by atoms with Crippen molar-refractivity contribution < 1.29 is 4.74 Å². The second kappa shape index (κ2) is 7.04. The summed E-state index contributed by atoms with van der Waals surface area (Å²) in [7, 11) is 3.60. The molecule has 1 aromatic rings. The smallest absolute Gasteiger partial charge is 0.194 e. The molecule has 2 rings (SSSR count). The number of methoxy groups -OCH3 is 1. The minimum Gasteiger partial charge on any atom is -0.384 e. The zero-order valence-corrected chi connectivity index (χ0v) is 13.6. The van der Waals surface area contributed by atoms with Crippen molar-refractivity contribution in [2.24, 2.45) is 10.9 Å². The van der Waals surface area contributed by atoms with Crippen LogP contribution >= 0.6 is 11.3 Å². The van der Waals surface area contributed by atoms with Crippen molar-refractivity contribution in [3.63, 3.8) is 0 Å². The van der Waals surface area contributed by atoms with Gasteiger partial charge in [-0.1, -0.05) is 0 Å². The largest absolute Gasteiger partial charge is 0.384 e. The number of nitrogens with one attached hydrogen (secondary N) is 1. The van der Waals surface area contributed by atoms with Crippen molar-refractivity contribution in [1.82, 2.24) is 15.2 Å². The predicted octanol–water partition coefficient (Wildman–Crippen LogP) is 1.80. The van der Waals surface area contributed by atoms with Gasteiger partial charge in [-0.05, 0) is 20.3 Å². The number of ether oxygens (including phenoxy) is 1. The maximum Gasteiger partial charge on any atom is 0.194 e. The lowest BCUT2D eigenvalue weighted by Crippen LogP contribution is -2.39. The first kappa shape index (κ1) is 15.3. The SMILES string of the molecule is CN=C(NCc1nc(C)c(C)s1)N1CCC(COC)C1. The second-order valence-corrected chi connectivity index (χ2v) is 6.49. The minimum absolute atomic E-state index is 0.614. The Morgan fingerprint density at radius 3 is 2.95 bits per heavy atom. The second-order valence-electron chi connectivity index (χ2n) is 5.21. The average Bonchev–Trinajstić information content (AvgIpc) is 2.99. The van der Waals surface area contributed by atoms with Gasteiger partial charge in [0.05, 0.1) is 18.8 Å². The van der Waals surface area contributed by atoms with E-state index in [0.717, 1.165) is 42.9 Å². The van der Waals surface area contributed by atoms with Gasteiger partial charge in [-0.3, -0.25) is 4.99 Å². The van der Waals surface area contributed by atoms with Gasteiger partial charge in [-0.15, -0.1) is 11.3 Å². The molecule has 1 saturated heterocycles. The lowest BCUT2D eigenvalue weighted by molar-refractivity contribution is 0.157. The Morgan fingerprint density at radius 1 is 1.55 bits per heavy atom. The Bertz CT molecular complexity index is 452. The van der Waals surface area contributed by atoms with Gasteiger partial charge in [0.15, 0.2) is 5.96 Å². The molecule has 0 saturated carbocycles. The number of hydrogen-bond donors (Lipinski definition) is 1. The molecule has 0 radical (unpaired) electrons. The van der Waals surface area contributed by atoms with Crippen molar-refractivity contribution in [3.05, 3.63) is 15.6 Å². The standard InChI is InChI=1S/C14H24N4OS/c1-10-11(2)20-13(17-10)7-16-14(15-3)18-6-5-12(8-18)9-19-4/h12H,5-9H2,1-4H3,(H,15,16). The number of thiazole rings is 1. The number of aromatic nitrogens is 1. The number of aryl methyl sites for hydroxylation is 2.